The van der Waals surface area contributed by atoms with Crippen molar-refractivity contribution in [1.82, 2.24) is 0 Å². The van der Waals surface area contributed by atoms with Gasteiger partial charge in [0.2, 0.25) is 0 Å². The Labute approximate surface area is 113 Å². The second kappa shape index (κ2) is 7.48. The van der Waals surface area contributed by atoms with E-state index in [9.17, 15) is 13.2 Å². The molecule has 19 heavy (non-hydrogen) atoms. The molecule has 0 amide bonds. The van der Waals surface area contributed by atoms with Crippen molar-refractivity contribution in [1.29, 1.82) is 0 Å². The number of rotatable bonds is 7. The van der Waals surface area contributed by atoms with Crippen LogP contribution < -0.4 is 5.73 Å². The Bertz CT molecular complexity index is 248. The van der Waals surface area contributed by atoms with E-state index >= 15 is 0 Å². The van der Waals surface area contributed by atoms with E-state index in [1.807, 2.05) is 0 Å². The van der Waals surface area contributed by atoms with Crippen LogP contribution >= 0.6 is 0 Å². The fraction of sp³-hybridized carbons (Fsp3) is 1.00. The van der Waals surface area contributed by atoms with Crippen molar-refractivity contribution >= 4 is 0 Å². The SMILES string of the molecule is CCCC1CCC(CN)(OCCCC(F)(F)F)CC1. The first-order chi connectivity index (χ1) is 8.91. The summed E-state index contributed by atoms with van der Waals surface area (Å²) in [5, 5.41) is 0. The third-order valence-electron chi connectivity index (χ3n) is 4.10. The predicted molar refractivity (Wildman–Crippen MR) is 69.9 cm³/mol. The molecule has 1 saturated carbocycles. The average Bonchev–Trinajstić information content (AvgIpc) is 2.36. The first-order valence-corrected chi connectivity index (χ1v) is 7.31. The first kappa shape index (κ1) is 16.8. The molecule has 0 saturated heterocycles. The average molecular weight is 281 g/mol. The molecule has 114 valence electrons. The summed E-state index contributed by atoms with van der Waals surface area (Å²) in [7, 11) is 0. The summed E-state index contributed by atoms with van der Waals surface area (Å²) < 4.78 is 41.9. The van der Waals surface area contributed by atoms with E-state index in [2.05, 4.69) is 6.92 Å². The highest BCUT2D eigenvalue weighted by molar-refractivity contribution is 4.88. The molecule has 1 rings (SSSR count). The summed E-state index contributed by atoms with van der Waals surface area (Å²) in [6.45, 7) is 2.76. The van der Waals surface area contributed by atoms with Gasteiger partial charge in [-0.05, 0) is 38.0 Å². The van der Waals surface area contributed by atoms with Gasteiger partial charge in [-0.25, -0.2) is 0 Å². The molecule has 0 aromatic carbocycles. The molecule has 5 heteroatoms. The smallest absolute Gasteiger partial charge is 0.374 e. The Morgan fingerprint density at radius 1 is 1.26 bits per heavy atom. The highest BCUT2D eigenvalue weighted by atomic mass is 19.4. The first-order valence-electron chi connectivity index (χ1n) is 7.31. The van der Waals surface area contributed by atoms with E-state index in [0.717, 1.165) is 31.6 Å². The van der Waals surface area contributed by atoms with Gasteiger partial charge in [-0.1, -0.05) is 19.8 Å². The van der Waals surface area contributed by atoms with Gasteiger partial charge in [0.15, 0.2) is 0 Å². The number of hydrogen-bond donors (Lipinski definition) is 1. The van der Waals surface area contributed by atoms with Crippen LogP contribution in [0.1, 0.15) is 58.3 Å². The van der Waals surface area contributed by atoms with Gasteiger partial charge in [-0.15, -0.1) is 0 Å². The Balaban J connectivity index is 2.29. The fourth-order valence-electron chi connectivity index (χ4n) is 2.87. The number of ether oxygens (including phenoxy) is 1. The zero-order chi connectivity index (χ0) is 14.4. The van der Waals surface area contributed by atoms with Crippen LogP contribution in [0, 0.1) is 5.92 Å². The molecule has 1 fully saturated rings. The fourth-order valence-corrected chi connectivity index (χ4v) is 2.87. The minimum absolute atomic E-state index is 0.0314. The molecule has 0 radical (unpaired) electrons. The number of halogens is 3. The van der Waals surface area contributed by atoms with Crippen LogP contribution in [-0.4, -0.2) is 24.9 Å². The third-order valence-corrected chi connectivity index (χ3v) is 4.10. The molecule has 0 spiro atoms. The molecule has 0 bridgehead atoms. The van der Waals surface area contributed by atoms with Crippen LogP contribution in [0.15, 0.2) is 0 Å². The summed E-state index contributed by atoms with van der Waals surface area (Å²) in [6.07, 6.45) is 1.55. The topological polar surface area (TPSA) is 35.2 Å². The lowest BCUT2D eigenvalue weighted by molar-refractivity contribution is -0.143. The van der Waals surface area contributed by atoms with E-state index < -0.39 is 12.6 Å². The Morgan fingerprint density at radius 3 is 2.37 bits per heavy atom. The molecule has 2 N–H and O–H groups in total. The standard InChI is InChI=1S/C14H26F3NO/c1-2-4-12-5-8-13(11-18,9-6-12)19-10-3-7-14(15,16)17/h12H,2-11,18H2,1H3. The lowest BCUT2D eigenvalue weighted by atomic mass is 9.77. The Morgan fingerprint density at radius 2 is 1.89 bits per heavy atom. The van der Waals surface area contributed by atoms with Crippen LogP contribution in [-0.2, 0) is 4.74 Å². The second-order valence-corrected chi connectivity index (χ2v) is 5.69. The summed E-state index contributed by atoms with van der Waals surface area (Å²) in [5.41, 5.74) is 5.41. The molecule has 2 nitrogen and oxygen atoms in total. The minimum atomic E-state index is -4.09. The second-order valence-electron chi connectivity index (χ2n) is 5.69. The maximum absolute atomic E-state index is 12.1. The molecular weight excluding hydrogens is 255 g/mol. The highest BCUT2D eigenvalue weighted by Crippen LogP contribution is 2.36. The van der Waals surface area contributed by atoms with Gasteiger partial charge in [0.05, 0.1) is 5.60 Å². The monoisotopic (exact) mass is 281 g/mol. The summed E-state index contributed by atoms with van der Waals surface area (Å²) in [5.74, 6) is 0.739. The number of nitrogens with two attached hydrogens (primary N) is 1. The molecule has 0 aromatic heterocycles. The van der Waals surface area contributed by atoms with Crippen molar-refractivity contribution in [3.05, 3.63) is 0 Å². The van der Waals surface area contributed by atoms with Gasteiger partial charge in [0.25, 0.3) is 0 Å². The van der Waals surface area contributed by atoms with Crippen LogP contribution in [0.5, 0.6) is 0 Å². The van der Waals surface area contributed by atoms with E-state index in [-0.39, 0.29) is 18.6 Å². The largest absolute Gasteiger partial charge is 0.389 e. The molecule has 1 aliphatic carbocycles. The third kappa shape index (κ3) is 6.13. The van der Waals surface area contributed by atoms with E-state index in [1.54, 1.807) is 0 Å². The quantitative estimate of drug-likeness (QED) is 0.715. The molecule has 0 atom stereocenters. The molecule has 0 unspecified atom stereocenters. The van der Waals surface area contributed by atoms with Crippen molar-refractivity contribution in [3.63, 3.8) is 0 Å². The summed E-state index contributed by atoms with van der Waals surface area (Å²) in [6, 6.07) is 0. The Hall–Kier alpha value is -0.290. The van der Waals surface area contributed by atoms with E-state index in [4.69, 9.17) is 10.5 Å². The lowest BCUT2D eigenvalue weighted by Gasteiger charge is -2.39. The molecule has 1 aliphatic rings. The maximum Gasteiger partial charge on any atom is 0.389 e. The van der Waals surface area contributed by atoms with Crippen LogP contribution in [0.3, 0.4) is 0 Å². The zero-order valence-corrected chi connectivity index (χ0v) is 11.8. The molecule has 0 aromatic rings. The lowest BCUT2D eigenvalue weighted by Crippen LogP contribution is -2.44. The predicted octanol–water partition coefficient (Wildman–Crippen LogP) is 4.03. The van der Waals surface area contributed by atoms with Gasteiger partial charge < -0.3 is 10.5 Å². The summed E-state index contributed by atoms with van der Waals surface area (Å²) in [4.78, 5) is 0. The molecule has 0 aliphatic heterocycles. The van der Waals surface area contributed by atoms with Crippen molar-refractivity contribution in [2.45, 2.75) is 70.1 Å². The van der Waals surface area contributed by atoms with Crippen molar-refractivity contribution in [2.75, 3.05) is 13.2 Å². The molecule has 0 heterocycles. The van der Waals surface area contributed by atoms with Gasteiger partial charge in [0.1, 0.15) is 0 Å². The number of hydrogen-bond acceptors (Lipinski definition) is 2. The molecular formula is C14H26F3NO. The van der Waals surface area contributed by atoms with E-state index in [0.29, 0.717) is 6.54 Å². The van der Waals surface area contributed by atoms with Crippen molar-refractivity contribution in [3.8, 4) is 0 Å². The Kier molecular flexibility index (Phi) is 6.60. The number of alkyl halides is 3. The normalized spacial score (nSPS) is 28.6. The minimum Gasteiger partial charge on any atom is -0.374 e. The van der Waals surface area contributed by atoms with Gasteiger partial charge >= 0.3 is 6.18 Å². The summed E-state index contributed by atoms with van der Waals surface area (Å²) >= 11 is 0. The maximum atomic E-state index is 12.1. The van der Waals surface area contributed by atoms with Gasteiger partial charge in [-0.3, -0.25) is 0 Å². The zero-order valence-electron chi connectivity index (χ0n) is 11.8. The van der Waals surface area contributed by atoms with Crippen molar-refractivity contribution < 1.29 is 17.9 Å². The van der Waals surface area contributed by atoms with Gasteiger partial charge in [0, 0.05) is 19.6 Å². The van der Waals surface area contributed by atoms with Crippen molar-refractivity contribution in [2.24, 2.45) is 11.7 Å². The van der Waals surface area contributed by atoms with Crippen LogP contribution in [0.2, 0.25) is 0 Å². The van der Waals surface area contributed by atoms with E-state index in [1.165, 1.54) is 12.8 Å². The van der Waals surface area contributed by atoms with Gasteiger partial charge in [-0.2, -0.15) is 13.2 Å². The van der Waals surface area contributed by atoms with Crippen LogP contribution in [0.25, 0.3) is 0 Å². The highest BCUT2D eigenvalue weighted by Gasteiger charge is 2.35. The van der Waals surface area contributed by atoms with Crippen LogP contribution in [0.4, 0.5) is 13.2 Å².